The minimum absolute atomic E-state index is 0.0489. The quantitative estimate of drug-likeness (QED) is 0.479. The van der Waals surface area contributed by atoms with Crippen molar-refractivity contribution in [1.82, 2.24) is 19.0 Å². The number of aromatic nitrogens is 2. The molecule has 0 aliphatic carbocycles. The van der Waals surface area contributed by atoms with Gasteiger partial charge in [0, 0.05) is 26.2 Å². The van der Waals surface area contributed by atoms with E-state index in [4.69, 9.17) is 0 Å². The second kappa shape index (κ2) is 8.90. The summed E-state index contributed by atoms with van der Waals surface area (Å²) < 4.78 is 65.2. The molecule has 2 heterocycles. The van der Waals surface area contributed by atoms with Gasteiger partial charge in [-0.2, -0.15) is 18.3 Å². The third kappa shape index (κ3) is 5.11. The van der Waals surface area contributed by atoms with Gasteiger partial charge in [0.2, 0.25) is 10.0 Å². The summed E-state index contributed by atoms with van der Waals surface area (Å²) in [6.45, 7) is 3.48. The monoisotopic (exact) mass is 486 g/mol. The summed E-state index contributed by atoms with van der Waals surface area (Å²) in [6, 6.07) is 4.30. The van der Waals surface area contributed by atoms with E-state index in [9.17, 15) is 31.2 Å². The number of aryl methyl sites for hydroxylation is 1. The molecule has 0 bridgehead atoms. The number of nitrogens with zero attached hydrogens (tertiary/aromatic N) is 4. The Morgan fingerprint density at radius 3 is 2.30 bits per heavy atom. The minimum atomic E-state index is -4.53. The molecule has 1 fully saturated rings. The lowest BCUT2D eigenvalue weighted by Gasteiger charge is -2.35. The number of piperidine rings is 1. The van der Waals surface area contributed by atoms with Gasteiger partial charge >= 0.3 is 6.18 Å². The van der Waals surface area contributed by atoms with Crippen molar-refractivity contribution in [3.63, 3.8) is 0 Å². The van der Waals surface area contributed by atoms with Crippen LogP contribution in [0.1, 0.15) is 40.2 Å². The third-order valence-electron chi connectivity index (χ3n) is 5.92. The van der Waals surface area contributed by atoms with Crippen LogP contribution in [0.4, 0.5) is 13.2 Å². The van der Waals surface area contributed by atoms with Crippen LogP contribution in [0.3, 0.4) is 0 Å². The first-order valence-electron chi connectivity index (χ1n) is 10.2. The molecule has 0 saturated carbocycles. The molecule has 1 amide bonds. The second-order valence-corrected chi connectivity index (χ2v) is 10.2. The number of rotatable bonds is 5. The van der Waals surface area contributed by atoms with Crippen LogP contribution in [0.25, 0.3) is 5.69 Å². The molecular weight excluding hydrogens is 461 g/mol. The van der Waals surface area contributed by atoms with E-state index >= 15 is 0 Å². The molecule has 0 atom stereocenters. The zero-order chi connectivity index (χ0) is 24.7. The van der Waals surface area contributed by atoms with Crippen molar-refractivity contribution in [1.29, 1.82) is 0 Å². The average molecular weight is 487 g/mol. The Kier molecular flexibility index (Phi) is 6.72. The van der Waals surface area contributed by atoms with Crippen LogP contribution in [0, 0.1) is 13.8 Å². The first-order valence-corrected chi connectivity index (χ1v) is 12.1. The normalized spacial score (nSPS) is 15.8. The molecular formula is C21H25F3N4O4S. The maximum atomic E-state index is 13.1. The molecule has 0 spiro atoms. The van der Waals surface area contributed by atoms with Crippen LogP contribution in [0.2, 0.25) is 0 Å². The zero-order valence-corrected chi connectivity index (χ0v) is 19.5. The molecule has 1 aromatic heterocycles. The first kappa shape index (κ1) is 24.9. The number of amides is 1. The maximum absolute atomic E-state index is 13.1. The Bertz CT molecular complexity index is 1180. The largest absolute Gasteiger partial charge is 0.416 e. The summed E-state index contributed by atoms with van der Waals surface area (Å²) >= 11 is 0. The molecule has 2 aromatic rings. The molecule has 0 N–H and O–H groups in total. The molecule has 3 rings (SSSR count). The number of ketones is 1. The number of Topliss-reactive ketones (excluding diaryl/α,β-unsaturated/α-hetero) is 1. The number of likely N-dealkylation sites (tertiary alicyclic amines) is 1. The number of alkyl halides is 3. The van der Waals surface area contributed by atoms with Gasteiger partial charge in [-0.15, -0.1) is 0 Å². The summed E-state index contributed by atoms with van der Waals surface area (Å²) in [5.74, 6) is -1.54. The van der Waals surface area contributed by atoms with E-state index in [0.29, 0.717) is 12.8 Å². The third-order valence-corrected chi connectivity index (χ3v) is 7.26. The SMILES string of the molecule is Cc1nn(-c2cccc(C(F)(F)F)c2)c(C)c1C(=O)C(=O)N1CCC(N(C)S(C)(=O)=O)CC1. The van der Waals surface area contributed by atoms with Crippen LogP contribution in [-0.2, 0) is 21.0 Å². The topological polar surface area (TPSA) is 92.6 Å². The second-order valence-electron chi connectivity index (χ2n) is 8.14. The predicted molar refractivity (Wildman–Crippen MR) is 115 cm³/mol. The molecule has 1 aliphatic rings. The van der Waals surface area contributed by atoms with E-state index < -0.39 is 33.5 Å². The van der Waals surface area contributed by atoms with Crippen molar-refractivity contribution in [3.05, 3.63) is 46.8 Å². The first-order chi connectivity index (χ1) is 15.2. The Labute approximate surface area is 190 Å². The summed E-state index contributed by atoms with van der Waals surface area (Å²) in [4.78, 5) is 27.2. The Morgan fingerprint density at radius 1 is 1.15 bits per heavy atom. The molecule has 180 valence electrons. The lowest BCUT2D eigenvalue weighted by molar-refractivity contribution is -0.137. The highest BCUT2D eigenvalue weighted by Gasteiger charge is 2.34. The van der Waals surface area contributed by atoms with Crippen LogP contribution >= 0.6 is 0 Å². The summed E-state index contributed by atoms with van der Waals surface area (Å²) in [5, 5.41) is 4.20. The standard InChI is InChI=1S/C21H25F3N4O4S/c1-13-18(14(2)28(25-13)17-7-5-6-15(12-17)21(22,23)24)19(29)20(30)27-10-8-16(9-11-27)26(3)33(4,31)32/h5-7,12,16H,8-11H2,1-4H3. The van der Waals surface area contributed by atoms with E-state index in [1.807, 2.05) is 0 Å². The predicted octanol–water partition coefficient (Wildman–Crippen LogP) is 2.57. The lowest BCUT2D eigenvalue weighted by atomic mass is 10.0. The van der Waals surface area contributed by atoms with Crippen molar-refractivity contribution in [3.8, 4) is 5.69 Å². The number of hydrogen-bond acceptors (Lipinski definition) is 5. The average Bonchev–Trinajstić information content (AvgIpc) is 3.05. The molecule has 33 heavy (non-hydrogen) atoms. The molecule has 0 unspecified atom stereocenters. The number of hydrogen-bond donors (Lipinski definition) is 0. The number of sulfonamides is 1. The van der Waals surface area contributed by atoms with Gasteiger partial charge in [0.25, 0.3) is 11.7 Å². The smallest absolute Gasteiger partial charge is 0.336 e. The molecule has 1 aliphatic heterocycles. The van der Waals surface area contributed by atoms with Crippen LogP contribution in [-0.4, -0.2) is 71.5 Å². The number of carbonyl (C=O) groups is 2. The Morgan fingerprint density at radius 2 is 1.76 bits per heavy atom. The van der Waals surface area contributed by atoms with Gasteiger partial charge in [-0.1, -0.05) is 6.07 Å². The Hall–Kier alpha value is -2.73. The van der Waals surface area contributed by atoms with Gasteiger partial charge in [-0.25, -0.2) is 17.4 Å². The summed E-state index contributed by atoms with van der Waals surface area (Å²) in [5.41, 5.74) is -0.181. The fourth-order valence-corrected chi connectivity index (χ4v) is 4.74. The van der Waals surface area contributed by atoms with Crippen LogP contribution in [0.5, 0.6) is 0 Å². The van der Waals surface area contributed by atoms with Crippen LogP contribution in [0.15, 0.2) is 24.3 Å². The van der Waals surface area contributed by atoms with Gasteiger partial charge in [-0.3, -0.25) is 9.59 Å². The highest BCUT2D eigenvalue weighted by Crippen LogP contribution is 2.31. The highest BCUT2D eigenvalue weighted by atomic mass is 32.2. The molecule has 8 nitrogen and oxygen atoms in total. The van der Waals surface area contributed by atoms with Crippen molar-refractivity contribution in [2.75, 3.05) is 26.4 Å². The molecule has 1 aromatic carbocycles. The maximum Gasteiger partial charge on any atom is 0.416 e. The Balaban J connectivity index is 1.81. The van der Waals surface area contributed by atoms with Crippen molar-refractivity contribution in [2.24, 2.45) is 0 Å². The van der Waals surface area contributed by atoms with E-state index in [0.717, 1.165) is 18.4 Å². The number of carbonyl (C=O) groups excluding carboxylic acids is 2. The summed E-state index contributed by atoms with van der Waals surface area (Å²) in [6.07, 6.45) is -2.63. The van der Waals surface area contributed by atoms with Gasteiger partial charge in [0.15, 0.2) is 0 Å². The van der Waals surface area contributed by atoms with E-state index in [1.54, 1.807) is 0 Å². The van der Waals surface area contributed by atoms with E-state index in [1.165, 1.54) is 46.9 Å². The number of halogens is 3. The molecule has 12 heteroatoms. The zero-order valence-electron chi connectivity index (χ0n) is 18.7. The van der Waals surface area contributed by atoms with Gasteiger partial charge < -0.3 is 4.90 Å². The lowest BCUT2D eigenvalue weighted by Crippen LogP contribution is -2.48. The van der Waals surface area contributed by atoms with Gasteiger partial charge in [0.05, 0.1) is 34.5 Å². The van der Waals surface area contributed by atoms with Crippen molar-refractivity contribution >= 4 is 21.7 Å². The molecule has 1 saturated heterocycles. The van der Waals surface area contributed by atoms with Crippen LogP contribution < -0.4 is 0 Å². The van der Waals surface area contributed by atoms with Crippen molar-refractivity contribution < 1.29 is 31.2 Å². The minimum Gasteiger partial charge on any atom is -0.336 e. The van der Waals surface area contributed by atoms with E-state index in [2.05, 4.69) is 5.10 Å². The fraction of sp³-hybridized carbons (Fsp3) is 0.476. The summed E-state index contributed by atoms with van der Waals surface area (Å²) in [7, 11) is -1.88. The van der Waals surface area contributed by atoms with Gasteiger partial charge in [-0.05, 0) is 44.9 Å². The fourth-order valence-electron chi connectivity index (χ4n) is 3.99. The van der Waals surface area contributed by atoms with Gasteiger partial charge in [0.1, 0.15) is 0 Å². The van der Waals surface area contributed by atoms with Crippen molar-refractivity contribution in [2.45, 2.75) is 38.9 Å². The molecule has 0 radical (unpaired) electrons. The van der Waals surface area contributed by atoms with E-state index in [-0.39, 0.29) is 41.8 Å². The highest BCUT2D eigenvalue weighted by molar-refractivity contribution is 7.88. The number of benzene rings is 1.